The van der Waals surface area contributed by atoms with E-state index in [1.165, 1.54) is 5.56 Å². The van der Waals surface area contributed by atoms with Crippen LogP contribution in [0.5, 0.6) is 0 Å². The monoisotopic (exact) mass is 304 g/mol. The van der Waals surface area contributed by atoms with Gasteiger partial charge in [0.05, 0.1) is 6.54 Å². The van der Waals surface area contributed by atoms with Gasteiger partial charge in [-0.2, -0.15) is 0 Å². The number of hydrogen-bond donors (Lipinski definition) is 0. The van der Waals surface area contributed by atoms with Gasteiger partial charge in [-0.1, -0.05) is 23.7 Å². The molecule has 0 bridgehead atoms. The van der Waals surface area contributed by atoms with E-state index in [9.17, 15) is 0 Å². The highest BCUT2D eigenvalue weighted by atomic mass is 35.5. The number of hydrogen-bond acceptors (Lipinski definition) is 3. The number of nitrogens with zero attached hydrogens (tertiary/aromatic N) is 4. The van der Waals surface area contributed by atoms with Crippen molar-refractivity contribution in [1.29, 1.82) is 0 Å². The predicted octanol–water partition coefficient (Wildman–Crippen LogP) is 2.39. The van der Waals surface area contributed by atoms with Crippen molar-refractivity contribution < 1.29 is 0 Å². The minimum atomic E-state index is 0.804. The Balaban J connectivity index is 1.49. The SMILES string of the molecule is Cn1ccnc1CN1CCN(Cc2ccc(Cl)cc2)CC1. The molecule has 4 nitrogen and oxygen atoms in total. The maximum atomic E-state index is 5.93. The van der Waals surface area contributed by atoms with E-state index >= 15 is 0 Å². The molecule has 0 atom stereocenters. The third-order valence-electron chi connectivity index (χ3n) is 4.07. The highest BCUT2D eigenvalue weighted by molar-refractivity contribution is 6.30. The number of piperazine rings is 1. The Bertz CT molecular complexity index is 570. The molecule has 1 fully saturated rings. The van der Waals surface area contributed by atoms with Crippen molar-refractivity contribution in [1.82, 2.24) is 19.4 Å². The van der Waals surface area contributed by atoms with Crippen LogP contribution in [0.2, 0.25) is 5.02 Å². The third kappa shape index (κ3) is 3.84. The van der Waals surface area contributed by atoms with E-state index in [2.05, 4.69) is 38.5 Å². The van der Waals surface area contributed by atoms with Crippen LogP contribution in [0.25, 0.3) is 0 Å². The molecule has 2 heterocycles. The molecule has 0 N–H and O–H groups in total. The van der Waals surface area contributed by atoms with Crippen molar-refractivity contribution in [3.63, 3.8) is 0 Å². The molecule has 1 saturated heterocycles. The first-order chi connectivity index (χ1) is 10.2. The van der Waals surface area contributed by atoms with Gasteiger partial charge in [-0.25, -0.2) is 4.98 Å². The van der Waals surface area contributed by atoms with Crippen LogP contribution in [0.1, 0.15) is 11.4 Å². The van der Waals surface area contributed by atoms with E-state index in [0.29, 0.717) is 0 Å². The van der Waals surface area contributed by atoms with E-state index in [0.717, 1.165) is 50.1 Å². The normalized spacial score (nSPS) is 17.2. The standard InChI is InChI=1S/C16H21ClN4/c1-19-7-6-18-16(19)13-21-10-8-20(9-11-21)12-14-2-4-15(17)5-3-14/h2-7H,8-13H2,1H3. The summed E-state index contributed by atoms with van der Waals surface area (Å²) < 4.78 is 2.10. The van der Waals surface area contributed by atoms with Crippen LogP contribution in [0, 0.1) is 0 Å². The van der Waals surface area contributed by atoms with Crippen LogP contribution >= 0.6 is 11.6 Å². The van der Waals surface area contributed by atoms with Gasteiger partial charge >= 0.3 is 0 Å². The average molecular weight is 305 g/mol. The van der Waals surface area contributed by atoms with E-state index in [-0.39, 0.29) is 0 Å². The summed E-state index contributed by atoms with van der Waals surface area (Å²) in [5.74, 6) is 1.14. The molecular weight excluding hydrogens is 284 g/mol. The molecular formula is C16H21ClN4. The van der Waals surface area contributed by atoms with Gasteiger partial charge in [0.15, 0.2) is 0 Å². The van der Waals surface area contributed by atoms with Crippen LogP contribution in [-0.2, 0) is 20.1 Å². The molecule has 3 rings (SSSR count). The summed E-state index contributed by atoms with van der Waals surface area (Å²) in [6, 6.07) is 8.16. The van der Waals surface area contributed by atoms with Crippen molar-refractivity contribution >= 4 is 11.6 Å². The maximum Gasteiger partial charge on any atom is 0.122 e. The van der Waals surface area contributed by atoms with Gasteiger partial charge < -0.3 is 4.57 Å². The molecule has 0 saturated carbocycles. The number of aromatic nitrogens is 2. The van der Waals surface area contributed by atoms with Crippen LogP contribution < -0.4 is 0 Å². The molecule has 0 unspecified atom stereocenters. The summed E-state index contributed by atoms with van der Waals surface area (Å²) >= 11 is 5.93. The molecule has 0 amide bonds. The zero-order valence-electron chi connectivity index (χ0n) is 12.4. The van der Waals surface area contributed by atoms with Gasteiger partial charge in [0.1, 0.15) is 5.82 Å². The Morgan fingerprint density at radius 3 is 2.19 bits per heavy atom. The molecule has 1 aromatic carbocycles. The van der Waals surface area contributed by atoms with Crippen molar-refractivity contribution in [2.24, 2.45) is 7.05 Å². The summed E-state index contributed by atoms with van der Waals surface area (Å²) in [6.45, 7) is 6.35. The predicted molar refractivity (Wildman–Crippen MR) is 85.2 cm³/mol. The van der Waals surface area contributed by atoms with Gasteiger partial charge in [0.2, 0.25) is 0 Å². The fourth-order valence-electron chi connectivity index (χ4n) is 2.70. The van der Waals surface area contributed by atoms with Gasteiger partial charge in [-0.15, -0.1) is 0 Å². The zero-order chi connectivity index (χ0) is 14.7. The fourth-order valence-corrected chi connectivity index (χ4v) is 2.83. The first kappa shape index (κ1) is 14.6. The highest BCUT2D eigenvalue weighted by Gasteiger charge is 2.18. The lowest BCUT2D eigenvalue weighted by molar-refractivity contribution is 0.119. The molecule has 1 aliphatic heterocycles. The third-order valence-corrected chi connectivity index (χ3v) is 4.32. The van der Waals surface area contributed by atoms with Crippen LogP contribution in [-0.4, -0.2) is 45.5 Å². The molecule has 1 aromatic heterocycles. The van der Waals surface area contributed by atoms with Crippen molar-refractivity contribution in [3.05, 3.63) is 53.1 Å². The Morgan fingerprint density at radius 2 is 1.62 bits per heavy atom. The van der Waals surface area contributed by atoms with E-state index in [1.807, 2.05) is 24.5 Å². The average Bonchev–Trinajstić information content (AvgIpc) is 2.89. The smallest absolute Gasteiger partial charge is 0.122 e. The lowest BCUT2D eigenvalue weighted by Crippen LogP contribution is -2.45. The fraction of sp³-hybridized carbons (Fsp3) is 0.438. The summed E-state index contributed by atoms with van der Waals surface area (Å²) in [5, 5.41) is 0.804. The van der Waals surface area contributed by atoms with E-state index in [4.69, 9.17) is 11.6 Å². The largest absolute Gasteiger partial charge is 0.337 e. The first-order valence-corrected chi connectivity index (χ1v) is 7.74. The molecule has 5 heteroatoms. The van der Waals surface area contributed by atoms with E-state index in [1.54, 1.807) is 0 Å². The number of rotatable bonds is 4. The topological polar surface area (TPSA) is 24.3 Å². The Labute approximate surface area is 130 Å². The van der Waals surface area contributed by atoms with Crippen molar-refractivity contribution in [2.75, 3.05) is 26.2 Å². The molecule has 0 aliphatic carbocycles. The van der Waals surface area contributed by atoms with Gasteiger partial charge in [-0.3, -0.25) is 9.80 Å². The van der Waals surface area contributed by atoms with Gasteiger partial charge in [0, 0.05) is 57.2 Å². The van der Waals surface area contributed by atoms with Crippen molar-refractivity contribution in [3.8, 4) is 0 Å². The van der Waals surface area contributed by atoms with Gasteiger partial charge in [-0.05, 0) is 17.7 Å². The van der Waals surface area contributed by atoms with Crippen LogP contribution in [0.3, 0.4) is 0 Å². The van der Waals surface area contributed by atoms with E-state index < -0.39 is 0 Å². The second-order valence-corrected chi connectivity index (χ2v) is 6.07. The molecule has 0 spiro atoms. The maximum absolute atomic E-state index is 5.93. The molecule has 2 aromatic rings. The number of halogens is 1. The summed E-state index contributed by atoms with van der Waals surface area (Å²) in [4.78, 5) is 9.37. The summed E-state index contributed by atoms with van der Waals surface area (Å²) in [5.41, 5.74) is 1.33. The summed E-state index contributed by atoms with van der Waals surface area (Å²) in [7, 11) is 2.05. The van der Waals surface area contributed by atoms with Crippen LogP contribution in [0.4, 0.5) is 0 Å². The molecule has 0 radical (unpaired) electrons. The Kier molecular flexibility index (Phi) is 4.58. The second kappa shape index (κ2) is 6.60. The molecule has 1 aliphatic rings. The van der Waals surface area contributed by atoms with Crippen molar-refractivity contribution in [2.45, 2.75) is 13.1 Å². The quantitative estimate of drug-likeness (QED) is 0.867. The van der Waals surface area contributed by atoms with Crippen LogP contribution in [0.15, 0.2) is 36.7 Å². The Hall–Kier alpha value is -1.36. The Morgan fingerprint density at radius 1 is 1.00 bits per heavy atom. The number of aryl methyl sites for hydroxylation is 1. The lowest BCUT2D eigenvalue weighted by atomic mass is 10.2. The molecule has 112 valence electrons. The number of imidazole rings is 1. The second-order valence-electron chi connectivity index (χ2n) is 5.63. The van der Waals surface area contributed by atoms with Gasteiger partial charge in [0.25, 0.3) is 0 Å². The summed E-state index contributed by atoms with van der Waals surface area (Å²) in [6.07, 6.45) is 3.87. The number of benzene rings is 1. The minimum absolute atomic E-state index is 0.804. The minimum Gasteiger partial charge on any atom is -0.337 e. The first-order valence-electron chi connectivity index (χ1n) is 7.36. The molecule has 21 heavy (non-hydrogen) atoms. The lowest BCUT2D eigenvalue weighted by Gasteiger charge is -2.34. The highest BCUT2D eigenvalue weighted by Crippen LogP contribution is 2.13. The zero-order valence-corrected chi connectivity index (χ0v) is 13.1.